The summed E-state index contributed by atoms with van der Waals surface area (Å²) in [6.45, 7) is 58.6. The summed E-state index contributed by atoms with van der Waals surface area (Å²) in [6.07, 6.45) is 0. The van der Waals surface area contributed by atoms with Gasteiger partial charge in [-0.25, -0.2) is 15.0 Å². The zero-order chi connectivity index (χ0) is 85.9. The van der Waals surface area contributed by atoms with E-state index in [1.807, 2.05) is 155 Å². The van der Waals surface area contributed by atoms with Gasteiger partial charge < -0.3 is 18.3 Å². The average Bonchev–Trinajstić information content (AvgIpc) is 1.65. The molecule has 12 aromatic carbocycles. The zero-order valence-electron chi connectivity index (χ0n) is 72.8. The van der Waals surface area contributed by atoms with Gasteiger partial charge in [0.05, 0.1) is 37.2 Å². The summed E-state index contributed by atoms with van der Waals surface area (Å²) in [5.74, 6) is 7.27. The topological polar surface area (TPSA) is 160 Å². The summed E-state index contributed by atoms with van der Waals surface area (Å²) in [5.41, 5.74) is 28.5. The van der Waals surface area contributed by atoms with Gasteiger partial charge in [0, 0.05) is 125 Å². The van der Waals surface area contributed by atoms with Crippen molar-refractivity contribution >= 4 is 17.1 Å². The normalized spacial score (nSPS) is 10.6. The molecule has 0 amide bonds. The molecular formula is C105H94Ir4N16-4. The van der Waals surface area contributed by atoms with Gasteiger partial charge in [-0.05, 0) is 164 Å². The number of benzene rings is 12. The summed E-state index contributed by atoms with van der Waals surface area (Å²) in [4.78, 5) is 11.0. The summed E-state index contributed by atoms with van der Waals surface area (Å²) >= 11 is 0. The van der Waals surface area contributed by atoms with Crippen molar-refractivity contribution in [2.75, 3.05) is 0 Å². The van der Waals surface area contributed by atoms with Crippen molar-refractivity contribution in [1.82, 2.24) is 59.1 Å². The van der Waals surface area contributed by atoms with Crippen LogP contribution in [0.25, 0.3) is 128 Å². The Balaban J connectivity index is 0.000000187. The number of hydrogen-bond donors (Lipinski definition) is 0. The van der Waals surface area contributed by atoms with E-state index in [1.165, 1.54) is 22.3 Å². The van der Waals surface area contributed by atoms with Crippen LogP contribution < -0.4 is 0 Å². The van der Waals surface area contributed by atoms with Gasteiger partial charge in [0.15, 0.2) is 34.7 Å². The maximum atomic E-state index is 9.42. The third kappa shape index (κ3) is 20.6. The first-order chi connectivity index (χ1) is 58.5. The molecule has 16 rings (SSSR count). The molecule has 20 heteroatoms. The van der Waals surface area contributed by atoms with Gasteiger partial charge in [0.1, 0.15) is 11.5 Å². The van der Waals surface area contributed by atoms with Crippen LogP contribution >= 0.6 is 0 Å². The SMILES string of the molecule is Cc1ccccc1-c1nnc(-c2[c-]c(C#N)ccc2)n1-c1c(C(C)C)cccc1C(C)C.[C-]#[N+]c1c(C)cc(C)c(-n2c(-c3[c-]cccc3)nnc2-c2ccccc2C)c1C.[C-]#[N+]c1cc(C)c(-n2c(-c3[c-]cccc3)nnc2-c2ccccc2C)c(C)c1.[C-]#[N+]c1cc[c-]c(-c2nnc(-c3ccccc3C)n2-c2c(C(C)C)cccc2C(C)C)c1.[Ir].[Ir].[Ir].[Ir]. The molecule has 634 valence electrons. The van der Waals surface area contributed by atoms with Crippen molar-refractivity contribution in [2.24, 2.45) is 0 Å². The fourth-order valence-corrected chi connectivity index (χ4v) is 15.6. The van der Waals surface area contributed by atoms with E-state index < -0.39 is 0 Å². The predicted molar refractivity (Wildman–Crippen MR) is 487 cm³/mol. The van der Waals surface area contributed by atoms with Crippen molar-refractivity contribution in [2.45, 2.75) is 141 Å². The van der Waals surface area contributed by atoms with Crippen LogP contribution in [0.5, 0.6) is 0 Å². The Labute approximate surface area is 789 Å². The Kier molecular flexibility index (Phi) is 33.5. The molecule has 4 heterocycles. The maximum absolute atomic E-state index is 9.42. The van der Waals surface area contributed by atoms with Crippen LogP contribution in [0, 0.1) is 118 Å². The van der Waals surface area contributed by atoms with Gasteiger partial charge in [0.25, 0.3) is 0 Å². The van der Waals surface area contributed by atoms with E-state index in [9.17, 15) is 5.26 Å². The van der Waals surface area contributed by atoms with Crippen LogP contribution in [0.4, 0.5) is 17.1 Å². The maximum Gasteiger partial charge on any atom is 0.195 e. The number of rotatable bonds is 16. The molecule has 0 saturated heterocycles. The van der Waals surface area contributed by atoms with Crippen LogP contribution in [0.15, 0.2) is 237 Å². The van der Waals surface area contributed by atoms with Crippen molar-refractivity contribution < 1.29 is 80.4 Å². The minimum absolute atomic E-state index is 0. The van der Waals surface area contributed by atoms with Crippen molar-refractivity contribution in [1.29, 1.82) is 5.26 Å². The Bertz CT molecular complexity index is 6400. The molecule has 0 saturated carbocycles. The number of nitrogens with zero attached hydrogens (tertiary/aromatic N) is 16. The molecule has 0 aliphatic carbocycles. The fraction of sp³-hybridized carbons (Fsp3) is 0.200. The standard InChI is InChI=1S/2C28H27N4.C25H21N4.C24H19N4.4Ir/c1-18(2)23-15-10-16-24(19(3)4)26(23)32-27(21-12-9-13-22(17-21)29-6)30-31-28(32)25-14-8-7-11-20(25)5;1-18(2)23-14-9-15-24(19(3)4)26(23)32-27(22-12-8-11-21(16-22)17-29)30-31-28(32)25-13-7-6-10-20(25)5;1-16-11-9-10-14-21(16)25-28-27-24(20-12-7-6-8-13-20)29(25)23-18(3)15-17(2)22(26-5)19(23)4;1-16-10-8-9-13-21(16)24-27-26-23(19-11-6-5-7-12-19)28(24)22-17(2)14-20(25-4)15-18(22)3;;;;/h7-11,13-19H,1-5H3;6-15,18-19H,1-5H3;6-12,14-15H,1-4H3;5-11,13-15H,1-3H3;;;;/q4*-1;;;;. The Hall–Kier alpha value is -12.2. The second-order valence-electron chi connectivity index (χ2n) is 31.4. The van der Waals surface area contributed by atoms with Crippen LogP contribution in [0.2, 0.25) is 0 Å². The van der Waals surface area contributed by atoms with Gasteiger partial charge in [-0.1, -0.05) is 218 Å². The van der Waals surface area contributed by atoms with Crippen LogP contribution in [0.3, 0.4) is 0 Å². The third-order valence-electron chi connectivity index (χ3n) is 21.6. The first kappa shape index (κ1) is 96.6. The quantitative estimate of drug-likeness (QED) is 0.0858. The monoisotopic (exact) mass is 2350 g/mol. The van der Waals surface area contributed by atoms with Gasteiger partial charge in [-0.2, -0.15) is 26.5 Å². The fourth-order valence-electron chi connectivity index (χ4n) is 15.6. The largest absolute Gasteiger partial charge is 0.317 e. The molecule has 0 N–H and O–H groups in total. The van der Waals surface area contributed by atoms with E-state index in [0.29, 0.717) is 57.9 Å². The van der Waals surface area contributed by atoms with E-state index in [4.69, 9.17) is 19.7 Å². The Morgan fingerprint density at radius 1 is 0.296 bits per heavy atom. The van der Waals surface area contributed by atoms with E-state index in [-0.39, 0.29) is 80.4 Å². The summed E-state index contributed by atoms with van der Waals surface area (Å²) < 4.78 is 8.51. The van der Waals surface area contributed by atoms with Crippen molar-refractivity contribution in [3.05, 3.63) is 373 Å². The minimum atomic E-state index is 0. The molecule has 4 radical (unpaired) electrons. The Morgan fingerprint density at radius 3 is 0.968 bits per heavy atom. The van der Waals surface area contributed by atoms with Crippen LogP contribution in [-0.4, -0.2) is 59.1 Å². The van der Waals surface area contributed by atoms with Gasteiger partial charge in [-0.15, -0.1) is 140 Å². The van der Waals surface area contributed by atoms with E-state index in [0.717, 1.165) is 152 Å². The third-order valence-corrected chi connectivity index (χ3v) is 21.6. The van der Waals surface area contributed by atoms with Gasteiger partial charge in [-0.3, -0.25) is 4.85 Å². The number of nitriles is 1. The number of para-hydroxylation sites is 2. The second kappa shape index (κ2) is 43.4. The molecule has 0 aliphatic rings. The molecule has 16 aromatic rings. The first-order valence-corrected chi connectivity index (χ1v) is 40.5. The molecule has 0 fully saturated rings. The van der Waals surface area contributed by atoms with Crippen molar-refractivity contribution in [3.8, 4) is 120 Å². The Morgan fingerprint density at radius 2 is 0.616 bits per heavy atom. The number of aromatic nitrogens is 12. The number of hydrogen-bond acceptors (Lipinski definition) is 9. The first-order valence-electron chi connectivity index (χ1n) is 40.5. The molecule has 16 nitrogen and oxygen atoms in total. The van der Waals surface area contributed by atoms with Gasteiger partial charge >= 0.3 is 0 Å². The molecule has 0 bridgehead atoms. The molecule has 4 aromatic heterocycles. The smallest absolute Gasteiger partial charge is 0.195 e. The van der Waals surface area contributed by atoms with E-state index in [2.05, 4.69) is 285 Å². The summed E-state index contributed by atoms with van der Waals surface area (Å²) in [5, 5.41) is 46.2. The summed E-state index contributed by atoms with van der Waals surface area (Å²) in [7, 11) is 0. The summed E-state index contributed by atoms with van der Waals surface area (Å²) in [6, 6.07) is 93.4. The van der Waals surface area contributed by atoms with E-state index >= 15 is 0 Å². The van der Waals surface area contributed by atoms with Crippen molar-refractivity contribution in [3.63, 3.8) is 0 Å². The number of aryl methyl sites for hydroxylation is 8. The molecular weight excluding hydrogens is 2250 g/mol. The molecule has 125 heavy (non-hydrogen) atoms. The van der Waals surface area contributed by atoms with Crippen LogP contribution in [0.1, 0.15) is 157 Å². The molecule has 0 aliphatic heterocycles. The van der Waals surface area contributed by atoms with Crippen LogP contribution in [-0.2, 0) is 80.4 Å². The average molecular weight is 2350 g/mol. The molecule has 0 atom stereocenters. The van der Waals surface area contributed by atoms with Gasteiger partial charge in [0.2, 0.25) is 0 Å². The molecule has 0 spiro atoms. The minimum Gasteiger partial charge on any atom is -0.317 e. The zero-order valence-corrected chi connectivity index (χ0v) is 82.4. The van der Waals surface area contributed by atoms with E-state index in [1.54, 1.807) is 18.2 Å². The predicted octanol–water partition coefficient (Wildman–Crippen LogP) is 26.4. The molecule has 0 unspecified atom stereocenters. The second-order valence-corrected chi connectivity index (χ2v) is 31.4.